The summed E-state index contributed by atoms with van der Waals surface area (Å²) in [5.41, 5.74) is 0.111. The summed E-state index contributed by atoms with van der Waals surface area (Å²) in [4.78, 5) is 17.5. The molecule has 1 aliphatic carbocycles. The summed E-state index contributed by atoms with van der Waals surface area (Å²) < 4.78 is 68.8. The van der Waals surface area contributed by atoms with Gasteiger partial charge in [0.2, 0.25) is 0 Å². The van der Waals surface area contributed by atoms with Crippen LogP contribution in [0.15, 0.2) is 48.5 Å². The summed E-state index contributed by atoms with van der Waals surface area (Å²) in [6, 6.07) is 8.89. The van der Waals surface area contributed by atoms with Crippen LogP contribution >= 0.6 is 0 Å². The average Bonchev–Trinajstić information content (AvgIpc) is 2.80. The highest BCUT2D eigenvalue weighted by atomic mass is 19.4. The van der Waals surface area contributed by atoms with Crippen molar-refractivity contribution >= 4 is 5.78 Å². The Morgan fingerprint density at radius 3 is 2.18 bits per heavy atom. The third kappa shape index (κ3) is 4.34. The molecule has 1 heterocycles. The molecule has 1 N–H and O–H groups in total. The lowest BCUT2D eigenvalue weighted by molar-refractivity contribution is -0.137. The third-order valence-electron chi connectivity index (χ3n) is 6.00. The minimum Gasteiger partial charge on any atom is -0.387 e. The van der Waals surface area contributed by atoms with Crippen molar-refractivity contribution in [1.29, 1.82) is 0 Å². The molecule has 178 valence electrons. The Labute approximate surface area is 193 Å². The summed E-state index contributed by atoms with van der Waals surface area (Å²) in [5, 5.41) is 10.6. The maximum absolute atomic E-state index is 16.2. The molecule has 34 heavy (non-hydrogen) atoms. The molecule has 0 fully saturated rings. The zero-order valence-corrected chi connectivity index (χ0v) is 18.5. The molecule has 0 spiro atoms. The van der Waals surface area contributed by atoms with Crippen LogP contribution in [-0.4, -0.2) is 15.9 Å². The Hall–Kier alpha value is -3.13. The van der Waals surface area contributed by atoms with Crippen LogP contribution in [0.4, 0.5) is 22.0 Å². The number of pyridine rings is 1. The molecule has 0 radical (unpaired) electrons. The van der Waals surface area contributed by atoms with Crippen LogP contribution < -0.4 is 0 Å². The van der Waals surface area contributed by atoms with Gasteiger partial charge in [-0.15, -0.1) is 0 Å². The number of alkyl halides is 4. The summed E-state index contributed by atoms with van der Waals surface area (Å²) in [5.74, 6) is -1.19. The van der Waals surface area contributed by atoms with Gasteiger partial charge in [0, 0.05) is 17.5 Å². The molecular formula is C26H22F5NO2. The van der Waals surface area contributed by atoms with Crippen molar-refractivity contribution in [3.05, 3.63) is 88.0 Å². The number of aliphatic hydroxyl groups excluding tert-OH is 1. The lowest BCUT2D eigenvalue weighted by Crippen LogP contribution is -2.22. The first kappa shape index (κ1) is 24.0. The number of fused-ring (bicyclic) bond motifs is 1. The number of Topliss-reactive ketones (excluding diaryl/α,β-unsaturated/α-hetero) is 1. The Morgan fingerprint density at radius 1 is 1.00 bits per heavy atom. The highest BCUT2D eigenvalue weighted by Crippen LogP contribution is 2.45. The summed E-state index contributed by atoms with van der Waals surface area (Å²) in [7, 11) is 0. The zero-order valence-electron chi connectivity index (χ0n) is 18.5. The molecule has 3 aromatic rings. The fourth-order valence-corrected chi connectivity index (χ4v) is 4.31. The van der Waals surface area contributed by atoms with E-state index < -0.39 is 29.8 Å². The second-order valence-electron chi connectivity index (χ2n) is 8.67. The molecule has 0 bridgehead atoms. The van der Waals surface area contributed by atoms with E-state index in [2.05, 4.69) is 4.98 Å². The van der Waals surface area contributed by atoms with Crippen molar-refractivity contribution in [2.24, 2.45) is 0 Å². The van der Waals surface area contributed by atoms with Crippen LogP contribution in [-0.2, 0) is 6.18 Å². The van der Waals surface area contributed by atoms with E-state index in [1.165, 1.54) is 24.3 Å². The highest BCUT2D eigenvalue weighted by molar-refractivity contribution is 6.05. The largest absolute Gasteiger partial charge is 0.416 e. The van der Waals surface area contributed by atoms with Crippen molar-refractivity contribution < 1.29 is 31.9 Å². The molecule has 2 atom stereocenters. The van der Waals surface area contributed by atoms with Gasteiger partial charge in [-0.05, 0) is 47.7 Å². The number of hydrogen-bond donors (Lipinski definition) is 1. The molecule has 2 aromatic carbocycles. The fraction of sp³-hybridized carbons (Fsp3) is 0.308. The summed E-state index contributed by atoms with van der Waals surface area (Å²) in [6.45, 7) is 3.53. The van der Waals surface area contributed by atoms with E-state index in [0.717, 1.165) is 24.3 Å². The van der Waals surface area contributed by atoms with E-state index in [1.54, 1.807) is 13.8 Å². The number of carbonyl (C=O) groups is 1. The first-order valence-corrected chi connectivity index (χ1v) is 10.8. The summed E-state index contributed by atoms with van der Waals surface area (Å²) >= 11 is 0. The molecule has 1 aromatic heterocycles. The number of aliphatic hydroxyl groups is 1. The van der Waals surface area contributed by atoms with Gasteiger partial charge < -0.3 is 5.11 Å². The first-order chi connectivity index (χ1) is 16.0. The Kier molecular flexibility index (Phi) is 6.29. The van der Waals surface area contributed by atoms with E-state index in [1.807, 2.05) is 0 Å². The van der Waals surface area contributed by atoms with Gasteiger partial charge in [0.1, 0.15) is 5.82 Å². The lowest BCUT2D eigenvalue weighted by atomic mass is 9.80. The molecule has 4 rings (SSSR count). The topological polar surface area (TPSA) is 50.2 Å². The number of rotatable bonds is 4. The molecule has 0 saturated heterocycles. The van der Waals surface area contributed by atoms with E-state index in [4.69, 9.17) is 0 Å². The highest BCUT2D eigenvalue weighted by Gasteiger charge is 2.36. The minimum absolute atomic E-state index is 0.0295. The second-order valence-corrected chi connectivity index (χ2v) is 8.67. The molecule has 0 amide bonds. The van der Waals surface area contributed by atoms with Crippen molar-refractivity contribution in [2.45, 2.75) is 51.1 Å². The van der Waals surface area contributed by atoms with Crippen molar-refractivity contribution in [3.63, 3.8) is 0 Å². The minimum atomic E-state index is -4.57. The predicted octanol–water partition coefficient (Wildman–Crippen LogP) is 7.10. The monoisotopic (exact) mass is 475 g/mol. The lowest BCUT2D eigenvalue weighted by Gasteiger charge is -2.28. The Balaban J connectivity index is 2.01. The van der Waals surface area contributed by atoms with Crippen molar-refractivity contribution in [1.82, 2.24) is 4.98 Å². The average molecular weight is 475 g/mol. The Bertz CT molecular complexity index is 1220. The van der Waals surface area contributed by atoms with Gasteiger partial charge in [-0.1, -0.05) is 38.1 Å². The molecule has 2 unspecified atom stereocenters. The van der Waals surface area contributed by atoms with E-state index >= 15 is 4.39 Å². The van der Waals surface area contributed by atoms with E-state index in [9.17, 15) is 27.5 Å². The quantitative estimate of drug-likeness (QED) is 0.410. The maximum atomic E-state index is 16.2. The molecular weight excluding hydrogens is 453 g/mol. The molecule has 8 heteroatoms. The van der Waals surface area contributed by atoms with Crippen LogP contribution in [0.25, 0.3) is 11.1 Å². The Morgan fingerprint density at radius 2 is 1.62 bits per heavy atom. The van der Waals surface area contributed by atoms with Crippen molar-refractivity contribution in [2.75, 3.05) is 0 Å². The van der Waals surface area contributed by atoms with E-state index in [0.29, 0.717) is 5.56 Å². The first-order valence-electron chi connectivity index (χ1n) is 10.8. The van der Waals surface area contributed by atoms with E-state index in [-0.39, 0.29) is 58.2 Å². The standard InChI is InChI=1S/C26H22F5NO2/c1-13(2)24-22(23(28)15-3-7-16(8-4-15)26(29,30)31)20(14-5-9-17(27)10-6-14)21-18(33)11-12-19(34)25(21)32-24/h3-10,13,19,23,34H,11-12H2,1-2H3. The molecule has 1 aliphatic rings. The predicted molar refractivity (Wildman–Crippen MR) is 117 cm³/mol. The molecule has 3 nitrogen and oxygen atoms in total. The number of benzene rings is 2. The second kappa shape index (κ2) is 8.91. The van der Waals surface area contributed by atoms with Crippen LogP contribution in [0.5, 0.6) is 0 Å². The molecule has 0 saturated carbocycles. The van der Waals surface area contributed by atoms with Crippen LogP contribution in [0.1, 0.15) is 83.3 Å². The van der Waals surface area contributed by atoms with Crippen LogP contribution in [0, 0.1) is 5.82 Å². The number of aromatic nitrogens is 1. The van der Waals surface area contributed by atoms with Gasteiger partial charge in [-0.25, -0.2) is 8.78 Å². The maximum Gasteiger partial charge on any atom is 0.416 e. The van der Waals surface area contributed by atoms with Gasteiger partial charge >= 0.3 is 6.18 Å². The number of nitrogens with zero attached hydrogens (tertiary/aromatic N) is 1. The number of hydrogen-bond acceptors (Lipinski definition) is 3. The van der Waals surface area contributed by atoms with Crippen LogP contribution in [0.3, 0.4) is 0 Å². The number of ketones is 1. The third-order valence-corrected chi connectivity index (χ3v) is 6.00. The normalized spacial score (nSPS) is 17.1. The molecule has 0 aliphatic heterocycles. The summed E-state index contributed by atoms with van der Waals surface area (Å²) in [6.07, 6.45) is -7.30. The van der Waals surface area contributed by atoms with Gasteiger partial charge in [-0.2, -0.15) is 13.2 Å². The van der Waals surface area contributed by atoms with Gasteiger partial charge in [-0.3, -0.25) is 9.78 Å². The van der Waals surface area contributed by atoms with Gasteiger partial charge in [0.15, 0.2) is 12.0 Å². The SMILES string of the molecule is CC(C)c1nc2c(c(-c3ccc(F)cc3)c1C(F)c1ccc(C(F)(F)F)cc1)C(=O)CCC2O. The van der Waals surface area contributed by atoms with Gasteiger partial charge in [0.25, 0.3) is 0 Å². The van der Waals surface area contributed by atoms with Crippen molar-refractivity contribution in [3.8, 4) is 11.1 Å². The van der Waals surface area contributed by atoms with Gasteiger partial charge in [0.05, 0.1) is 28.6 Å². The van der Waals surface area contributed by atoms with Crippen LogP contribution in [0.2, 0.25) is 0 Å². The smallest absolute Gasteiger partial charge is 0.387 e. The number of halogens is 5. The zero-order chi connectivity index (χ0) is 24.8. The fourth-order valence-electron chi connectivity index (χ4n) is 4.31. The number of carbonyl (C=O) groups excluding carboxylic acids is 1.